The number of aliphatic hydroxyl groups excluding tert-OH is 1. The van der Waals surface area contributed by atoms with Crippen LogP contribution < -0.4 is 0 Å². The molecule has 2 aromatic rings. The highest BCUT2D eigenvalue weighted by Gasteiger charge is 2.50. The van der Waals surface area contributed by atoms with Gasteiger partial charge < -0.3 is 19.7 Å². The van der Waals surface area contributed by atoms with Gasteiger partial charge in [0.15, 0.2) is 0 Å². The van der Waals surface area contributed by atoms with E-state index in [1.807, 2.05) is 0 Å². The van der Waals surface area contributed by atoms with E-state index in [0.29, 0.717) is 11.1 Å². The SMILES string of the molecule is O=C(OC[C@@]1(O)[C@@H](Cl)C=C[C@H](OC(=O)c2ccccc2)[C@@H]1O)c1ccccc1. The molecule has 0 unspecified atom stereocenters. The quantitative estimate of drug-likeness (QED) is 0.453. The second-order valence-corrected chi connectivity index (χ2v) is 6.87. The van der Waals surface area contributed by atoms with Gasteiger partial charge >= 0.3 is 11.9 Å². The summed E-state index contributed by atoms with van der Waals surface area (Å²) in [5.74, 6) is -1.33. The van der Waals surface area contributed by atoms with Gasteiger partial charge in [0, 0.05) is 0 Å². The molecule has 7 heteroatoms. The fourth-order valence-corrected chi connectivity index (χ4v) is 3.08. The minimum absolute atomic E-state index is 0.296. The van der Waals surface area contributed by atoms with Gasteiger partial charge in [-0.3, -0.25) is 0 Å². The molecule has 28 heavy (non-hydrogen) atoms. The van der Waals surface area contributed by atoms with E-state index in [4.69, 9.17) is 21.1 Å². The van der Waals surface area contributed by atoms with E-state index in [-0.39, 0.29) is 0 Å². The van der Waals surface area contributed by atoms with Gasteiger partial charge in [-0.25, -0.2) is 9.59 Å². The van der Waals surface area contributed by atoms with Crippen molar-refractivity contribution in [3.63, 3.8) is 0 Å². The molecule has 1 aliphatic carbocycles. The summed E-state index contributed by atoms with van der Waals surface area (Å²) in [6.45, 7) is -0.570. The minimum Gasteiger partial charge on any atom is -0.459 e. The lowest BCUT2D eigenvalue weighted by atomic mass is 9.84. The molecular weight excluding hydrogens is 384 g/mol. The lowest BCUT2D eigenvalue weighted by molar-refractivity contribution is -0.140. The Morgan fingerprint density at radius 3 is 2.04 bits per heavy atom. The molecule has 0 fully saturated rings. The zero-order chi connectivity index (χ0) is 20.1. The molecule has 0 aliphatic heterocycles. The Kier molecular flexibility index (Phi) is 6.14. The second kappa shape index (κ2) is 8.56. The number of esters is 2. The van der Waals surface area contributed by atoms with E-state index in [0.717, 1.165) is 0 Å². The van der Waals surface area contributed by atoms with E-state index < -0.39 is 41.7 Å². The fourth-order valence-electron chi connectivity index (χ4n) is 2.80. The molecule has 0 radical (unpaired) electrons. The Hall–Kier alpha value is -2.67. The summed E-state index contributed by atoms with van der Waals surface area (Å²) in [6, 6.07) is 16.5. The third-order valence-corrected chi connectivity index (χ3v) is 4.99. The molecule has 0 aromatic heterocycles. The van der Waals surface area contributed by atoms with E-state index in [1.165, 1.54) is 12.2 Å². The molecule has 6 nitrogen and oxygen atoms in total. The first-order chi connectivity index (χ1) is 13.4. The number of hydrogen-bond acceptors (Lipinski definition) is 6. The highest BCUT2D eigenvalue weighted by atomic mass is 35.5. The summed E-state index contributed by atoms with van der Waals surface area (Å²) < 4.78 is 10.4. The Balaban J connectivity index is 1.69. The van der Waals surface area contributed by atoms with Crippen LogP contribution in [0.5, 0.6) is 0 Å². The molecular formula is C21H19ClO6. The van der Waals surface area contributed by atoms with Gasteiger partial charge in [0.25, 0.3) is 0 Å². The molecule has 0 spiro atoms. The third kappa shape index (κ3) is 4.25. The van der Waals surface area contributed by atoms with Crippen molar-refractivity contribution in [2.45, 2.75) is 23.2 Å². The van der Waals surface area contributed by atoms with Crippen LogP contribution in [0.3, 0.4) is 0 Å². The predicted octanol–water partition coefficient (Wildman–Crippen LogP) is 2.34. The van der Waals surface area contributed by atoms with Crippen molar-refractivity contribution in [1.82, 2.24) is 0 Å². The smallest absolute Gasteiger partial charge is 0.338 e. The molecule has 2 N–H and O–H groups in total. The molecule has 146 valence electrons. The highest BCUT2D eigenvalue weighted by molar-refractivity contribution is 6.22. The van der Waals surface area contributed by atoms with Gasteiger partial charge in [-0.15, -0.1) is 11.6 Å². The van der Waals surface area contributed by atoms with Crippen LogP contribution in [0.25, 0.3) is 0 Å². The zero-order valence-electron chi connectivity index (χ0n) is 14.8. The number of halogens is 1. The van der Waals surface area contributed by atoms with Crippen LogP contribution in [0.1, 0.15) is 20.7 Å². The molecule has 2 aromatic carbocycles. The molecule has 0 heterocycles. The highest BCUT2D eigenvalue weighted by Crippen LogP contribution is 2.31. The molecule has 1 aliphatic rings. The second-order valence-electron chi connectivity index (χ2n) is 6.40. The summed E-state index contributed by atoms with van der Waals surface area (Å²) >= 11 is 6.14. The van der Waals surface area contributed by atoms with Gasteiger partial charge in [0.05, 0.1) is 16.5 Å². The zero-order valence-corrected chi connectivity index (χ0v) is 15.5. The van der Waals surface area contributed by atoms with Crippen molar-refractivity contribution >= 4 is 23.5 Å². The summed E-state index contributed by atoms with van der Waals surface area (Å²) in [5, 5.41) is 20.4. The Morgan fingerprint density at radius 1 is 0.929 bits per heavy atom. The average molecular weight is 403 g/mol. The third-order valence-electron chi connectivity index (χ3n) is 4.47. The number of hydrogen-bond donors (Lipinski definition) is 2. The summed E-state index contributed by atoms with van der Waals surface area (Å²) in [4.78, 5) is 24.4. The van der Waals surface area contributed by atoms with Crippen LogP contribution in [-0.4, -0.2) is 51.9 Å². The number of aliphatic hydroxyl groups is 2. The maximum absolute atomic E-state index is 12.2. The standard InChI is InChI=1S/C21H19ClO6/c22-17-12-11-16(28-20(25)15-9-5-2-6-10-15)18(23)21(17,26)13-27-19(24)14-7-3-1-4-8-14/h1-12,16-18,23,26H,13H2/t16-,17-,18-,21+/m0/s1. The van der Waals surface area contributed by atoms with Crippen LogP contribution >= 0.6 is 11.6 Å². The molecule has 0 saturated heterocycles. The maximum atomic E-state index is 12.2. The van der Waals surface area contributed by atoms with Crippen molar-refractivity contribution in [3.05, 3.63) is 83.9 Å². The van der Waals surface area contributed by atoms with Gasteiger partial charge in [0.2, 0.25) is 0 Å². The van der Waals surface area contributed by atoms with E-state index in [9.17, 15) is 19.8 Å². The summed E-state index contributed by atoms with van der Waals surface area (Å²) in [7, 11) is 0. The normalized spacial score (nSPS) is 26.5. The molecule has 0 amide bonds. The van der Waals surface area contributed by atoms with E-state index >= 15 is 0 Å². The van der Waals surface area contributed by atoms with Gasteiger partial charge in [-0.05, 0) is 30.3 Å². The monoisotopic (exact) mass is 402 g/mol. The predicted molar refractivity (Wildman–Crippen MR) is 102 cm³/mol. The number of ether oxygens (including phenoxy) is 2. The minimum atomic E-state index is -2.03. The number of carbonyl (C=O) groups excluding carboxylic acids is 2. The first-order valence-electron chi connectivity index (χ1n) is 8.63. The fraction of sp³-hybridized carbons (Fsp3) is 0.238. The van der Waals surface area contributed by atoms with Crippen molar-refractivity contribution in [2.75, 3.05) is 6.61 Å². The lowest BCUT2D eigenvalue weighted by Gasteiger charge is -2.40. The first kappa shape index (κ1) is 20.1. The van der Waals surface area contributed by atoms with E-state index in [1.54, 1.807) is 60.7 Å². The van der Waals surface area contributed by atoms with Crippen LogP contribution in [0.15, 0.2) is 72.8 Å². The maximum Gasteiger partial charge on any atom is 0.338 e. The van der Waals surface area contributed by atoms with Crippen LogP contribution in [0, 0.1) is 0 Å². The van der Waals surface area contributed by atoms with E-state index in [2.05, 4.69) is 0 Å². The topological polar surface area (TPSA) is 93.1 Å². The Morgan fingerprint density at radius 2 is 1.46 bits per heavy atom. The largest absolute Gasteiger partial charge is 0.459 e. The van der Waals surface area contributed by atoms with Crippen molar-refractivity contribution in [1.29, 1.82) is 0 Å². The van der Waals surface area contributed by atoms with Crippen LogP contribution in [-0.2, 0) is 9.47 Å². The molecule has 3 rings (SSSR count). The summed E-state index contributed by atoms with van der Waals surface area (Å²) in [5.41, 5.74) is -1.43. The average Bonchev–Trinajstić information content (AvgIpc) is 2.74. The number of rotatable bonds is 5. The lowest BCUT2D eigenvalue weighted by Crippen LogP contribution is -2.60. The van der Waals surface area contributed by atoms with Crippen molar-refractivity contribution in [2.24, 2.45) is 0 Å². The molecule has 0 bridgehead atoms. The number of alkyl halides is 1. The number of benzene rings is 2. The van der Waals surface area contributed by atoms with Gasteiger partial charge in [-0.1, -0.05) is 42.5 Å². The van der Waals surface area contributed by atoms with Crippen molar-refractivity contribution < 1.29 is 29.3 Å². The first-order valence-corrected chi connectivity index (χ1v) is 9.06. The molecule has 4 atom stereocenters. The number of carbonyl (C=O) groups is 2. The van der Waals surface area contributed by atoms with Crippen LogP contribution in [0.2, 0.25) is 0 Å². The summed E-state index contributed by atoms with van der Waals surface area (Å²) in [6.07, 6.45) is 0.0592. The molecule has 0 saturated carbocycles. The van der Waals surface area contributed by atoms with Crippen LogP contribution in [0.4, 0.5) is 0 Å². The van der Waals surface area contributed by atoms with Gasteiger partial charge in [0.1, 0.15) is 24.4 Å². The van der Waals surface area contributed by atoms with Crippen molar-refractivity contribution in [3.8, 4) is 0 Å². The Labute approximate surface area is 167 Å². The van der Waals surface area contributed by atoms with Gasteiger partial charge in [-0.2, -0.15) is 0 Å². The Bertz CT molecular complexity index is 854.